The van der Waals surface area contributed by atoms with Gasteiger partial charge in [-0.15, -0.1) is 4.52 Å². The van der Waals surface area contributed by atoms with Gasteiger partial charge in [-0.25, -0.2) is 4.98 Å². The molecule has 2 heterocycles. The summed E-state index contributed by atoms with van der Waals surface area (Å²) in [6.45, 7) is 10.7. The van der Waals surface area contributed by atoms with Gasteiger partial charge >= 0.3 is 20.1 Å². The number of phenolic OH excluding ortho intramolecular Hbond substituents is 1. The summed E-state index contributed by atoms with van der Waals surface area (Å²) in [6.07, 6.45) is 3.29. The van der Waals surface area contributed by atoms with E-state index >= 15 is 0 Å². The highest BCUT2D eigenvalue weighted by molar-refractivity contribution is 7.36. The zero-order valence-electron chi connectivity index (χ0n) is 28.1. The minimum atomic E-state index is -2.56. The molecule has 5 atom stereocenters. The monoisotopic (exact) mass is 686 g/mol. The number of nitrogens with two attached hydrogens (primary N) is 2. The predicted molar refractivity (Wildman–Crippen MR) is 181 cm³/mol. The third kappa shape index (κ3) is 8.64. The van der Waals surface area contributed by atoms with Gasteiger partial charge in [0.25, 0.3) is 5.56 Å². The van der Waals surface area contributed by atoms with E-state index in [1.165, 1.54) is 12.1 Å². The van der Waals surface area contributed by atoms with E-state index in [9.17, 15) is 24.1 Å². The molecule has 1 aliphatic rings. The molecule has 1 aromatic carbocycles. The van der Waals surface area contributed by atoms with Crippen LogP contribution in [0.1, 0.15) is 60.8 Å². The average Bonchev–Trinajstić information content (AvgIpc) is 3.58. The number of rotatable bonds is 16. The van der Waals surface area contributed by atoms with E-state index < -0.39 is 43.2 Å². The summed E-state index contributed by atoms with van der Waals surface area (Å²) in [5.74, 6) is -1.38. The maximum Gasteiger partial charge on any atom is 0.613 e. The number of benzene rings is 1. The number of nitrogen functional groups attached to an aromatic ring is 1. The van der Waals surface area contributed by atoms with Gasteiger partial charge in [-0.3, -0.25) is 23.9 Å². The minimum Gasteiger partial charge on any atom is -0.508 e. The third-order valence-corrected chi connectivity index (χ3v) is 9.01. The SMILES string of the molecule is CCC[C@H](C)OC(=O)[C@@H](N[P+](=O)OC[C@@]1(COC(=O)[C@@H](N)C(C)C)C/C1=C/n1c(-c2cccc(O)c2)nc2c(=O)[nH]c(N)nc21)C(C)C. The van der Waals surface area contributed by atoms with Crippen molar-refractivity contribution in [3.63, 3.8) is 0 Å². The van der Waals surface area contributed by atoms with Crippen molar-refractivity contribution in [2.45, 2.75) is 79.0 Å². The maximum absolute atomic E-state index is 13.2. The summed E-state index contributed by atoms with van der Waals surface area (Å²) in [7, 11) is -2.56. The number of ether oxygens (including phenoxy) is 2. The molecule has 1 fully saturated rings. The Hall–Kier alpha value is -4.17. The number of fused-ring (bicyclic) bond motifs is 1. The first-order chi connectivity index (χ1) is 22.6. The highest BCUT2D eigenvalue weighted by Gasteiger charge is 2.53. The third-order valence-electron chi connectivity index (χ3n) is 8.16. The first-order valence-electron chi connectivity index (χ1n) is 15.9. The second kappa shape index (κ2) is 15.4. The lowest BCUT2D eigenvalue weighted by molar-refractivity contribution is -0.152. The number of esters is 2. The number of nitrogens with one attached hydrogen (secondary N) is 2. The largest absolute Gasteiger partial charge is 0.613 e. The molecule has 2 aromatic heterocycles. The van der Waals surface area contributed by atoms with Gasteiger partial charge in [0.1, 0.15) is 30.8 Å². The Bertz CT molecular complexity index is 1750. The average molecular weight is 687 g/mol. The van der Waals surface area contributed by atoms with E-state index in [1.54, 1.807) is 50.6 Å². The zero-order chi connectivity index (χ0) is 35.3. The first kappa shape index (κ1) is 36.7. The predicted octanol–water partition coefficient (Wildman–Crippen LogP) is 3.85. The smallest absolute Gasteiger partial charge is 0.508 e. The van der Waals surface area contributed by atoms with Gasteiger partial charge in [-0.05, 0) is 53.9 Å². The summed E-state index contributed by atoms with van der Waals surface area (Å²) in [6, 6.07) is 4.60. The summed E-state index contributed by atoms with van der Waals surface area (Å²) in [4.78, 5) is 49.6. The number of aromatic hydroxyl groups is 1. The number of carbonyl (C=O) groups excluding carboxylic acids is 2. The molecule has 0 aliphatic heterocycles. The molecular formula is C32H45N7O8P+. The highest BCUT2D eigenvalue weighted by atomic mass is 31.1. The number of anilines is 1. The minimum absolute atomic E-state index is 0.0116. The number of imidazole rings is 1. The lowest BCUT2D eigenvalue weighted by Crippen LogP contribution is -2.40. The van der Waals surface area contributed by atoms with Gasteiger partial charge in [-0.1, -0.05) is 58.3 Å². The number of aromatic nitrogens is 4. The van der Waals surface area contributed by atoms with Gasteiger partial charge in [0.05, 0.1) is 11.5 Å². The highest BCUT2D eigenvalue weighted by Crippen LogP contribution is 2.54. The number of hydrogen-bond donors (Lipinski definition) is 5. The quantitative estimate of drug-likeness (QED) is 0.107. The molecule has 7 N–H and O–H groups in total. The van der Waals surface area contributed by atoms with Crippen LogP contribution < -0.4 is 22.1 Å². The van der Waals surface area contributed by atoms with E-state index in [2.05, 4.69) is 20.0 Å². The number of phenols is 1. The Labute approximate surface area is 279 Å². The van der Waals surface area contributed by atoms with Gasteiger partial charge in [0.2, 0.25) is 5.95 Å². The van der Waals surface area contributed by atoms with Crippen molar-refractivity contribution in [3.05, 3.63) is 40.2 Å². The van der Waals surface area contributed by atoms with Crippen LogP contribution in [0, 0.1) is 17.3 Å². The van der Waals surface area contributed by atoms with Crippen molar-refractivity contribution >= 4 is 43.4 Å². The first-order valence-corrected chi connectivity index (χ1v) is 17.1. The van der Waals surface area contributed by atoms with Crippen molar-refractivity contribution in [1.29, 1.82) is 0 Å². The Balaban J connectivity index is 1.65. The van der Waals surface area contributed by atoms with Crippen molar-refractivity contribution in [1.82, 2.24) is 24.6 Å². The van der Waals surface area contributed by atoms with Crippen molar-refractivity contribution in [3.8, 4) is 17.1 Å². The van der Waals surface area contributed by atoms with Crippen LogP contribution >= 0.6 is 8.18 Å². The van der Waals surface area contributed by atoms with Gasteiger partial charge < -0.3 is 26.0 Å². The topological polar surface area (TPSA) is 227 Å². The van der Waals surface area contributed by atoms with Crippen molar-refractivity contribution in [2.24, 2.45) is 23.0 Å². The normalized spacial score (nSPS) is 19.0. The van der Waals surface area contributed by atoms with Crippen molar-refractivity contribution < 1.29 is 33.3 Å². The lowest BCUT2D eigenvalue weighted by atomic mass is 10.1. The van der Waals surface area contributed by atoms with E-state index in [4.69, 9.17) is 25.5 Å². The molecule has 0 bridgehead atoms. The number of aromatic amines is 1. The molecule has 16 heteroatoms. The maximum atomic E-state index is 13.2. The van der Waals surface area contributed by atoms with E-state index in [0.717, 1.165) is 6.42 Å². The van der Waals surface area contributed by atoms with Crippen LogP contribution in [-0.2, 0) is 28.2 Å². The summed E-state index contributed by atoms with van der Waals surface area (Å²) >= 11 is 0. The van der Waals surface area contributed by atoms with Crippen LogP contribution in [0.5, 0.6) is 5.75 Å². The fourth-order valence-electron chi connectivity index (χ4n) is 5.08. The van der Waals surface area contributed by atoms with Crippen LogP contribution in [0.25, 0.3) is 28.8 Å². The second-order valence-corrected chi connectivity index (χ2v) is 13.9. The molecule has 1 aliphatic carbocycles. The van der Waals surface area contributed by atoms with Crippen molar-refractivity contribution in [2.75, 3.05) is 18.9 Å². The molecular weight excluding hydrogens is 641 g/mol. The van der Waals surface area contributed by atoms with E-state index in [1.807, 2.05) is 13.8 Å². The number of carbonyl (C=O) groups is 2. The Morgan fingerprint density at radius 2 is 1.90 bits per heavy atom. The fourth-order valence-corrected chi connectivity index (χ4v) is 6.15. The molecule has 0 spiro atoms. The Kier molecular flexibility index (Phi) is 11.7. The molecule has 0 radical (unpaired) electrons. The van der Waals surface area contributed by atoms with Gasteiger partial charge in [-0.2, -0.15) is 4.98 Å². The Morgan fingerprint density at radius 1 is 1.17 bits per heavy atom. The molecule has 15 nitrogen and oxygen atoms in total. The summed E-state index contributed by atoms with van der Waals surface area (Å²) < 4.78 is 31.7. The van der Waals surface area contributed by atoms with E-state index in [-0.39, 0.29) is 54.0 Å². The molecule has 260 valence electrons. The number of H-pyrrole nitrogens is 1. The molecule has 0 amide bonds. The van der Waals surface area contributed by atoms with E-state index in [0.29, 0.717) is 29.8 Å². The molecule has 3 aromatic rings. The Morgan fingerprint density at radius 3 is 2.54 bits per heavy atom. The number of nitrogens with zero attached hydrogens (tertiary/aromatic N) is 3. The van der Waals surface area contributed by atoms with Crippen LogP contribution in [0.15, 0.2) is 34.6 Å². The molecule has 1 unspecified atom stereocenters. The molecule has 48 heavy (non-hydrogen) atoms. The second-order valence-electron chi connectivity index (χ2n) is 12.9. The number of hydrogen-bond acceptors (Lipinski definition) is 12. The summed E-state index contributed by atoms with van der Waals surface area (Å²) in [5, 5.41) is 12.9. The zero-order valence-corrected chi connectivity index (χ0v) is 29.0. The lowest BCUT2D eigenvalue weighted by Gasteiger charge is -2.19. The van der Waals surface area contributed by atoms with Gasteiger partial charge in [0, 0.05) is 11.8 Å². The molecule has 4 rings (SSSR count). The molecule has 1 saturated carbocycles. The van der Waals surface area contributed by atoms with Crippen LogP contribution in [0.4, 0.5) is 5.95 Å². The molecule has 0 saturated heterocycles. The van der Waals surface area contributed by atoms with Crippen LogP contribution in [-0.4, -0.2) is 68.0 Å². The fraction of sp³-hybridized carbons (Fsp3) is 0.531. The van der Waals surface area contributed by atoms with Crippen LogP contribution in [0.2, 0.25) is 0 Å². The summed E-state index contributed by atoms with van der Waals surface area (Å²) in [5.41, 5.74) is 11.8. The van der Waals surface area contributed by atoms with Crippen LogP contribution in [0.3, 0.4) is 0 Å². The standard InChI is InChI=1S/C32H44N7O8P/c1-7-9-19(6)47-30(43)24(18(4)5)38-48(44)46-16-32(15-45-29(42)23(33)17(2)3)13-21(32)14-39-26(20-10-8-11-22(40)12-20)35-25-27(39)36-31(34)37-28(25)41/h8,10-12,14,17-19,23-24H,7,9,13,15-16,33H2,1-6H3,(H4-,34,36,37,38,40,41,44)/p+1/b21-14-/t19-,23-,24-,32-/m0/s1. The van der Waals surface area contributed by atoms with Gasteiger partial charge in [0.15, 0.2) is 17.2 Å².